The molecule has 3 aromatic rings. The molecule has 0 spiro atoms. The number of aromatic amines is 1. The van der Waals surface area contributed by atoms with Crippen molar-refractivity contribution in [2.45, 2.75) is 20.8 Å². The highest BCUT2D eigenvalue weighted by atomic mass is 16.2. The smallest absolute Gasteiger partial charge is 0.274 e. The van der Waals surface area contributed by atoms with Crippen LogP contribution >= 0.6 is 0 Å². The van der Waals surface area contributed by atoms with Crippen LogP contribution in [0.25, 0.3) is 10.9 Å². The molecule has 1 aromatic heterocycles. The first-order valence-electron chi connectivity index (χ1n) is 7.57. The van der Waals surface area contributed by atoms with E-state index in [9.17, 15) is 4.79 Å². The first-order chi connectivity index (χ1) is 10.6. The second kappa shape index (κ2) is 5.68. The van der Waals surface area contributed by atoms with Crippen molar-refractivity contribution < 1.29 is 4.79 Å². The van der Waals surface area contributed by atoms with Crippen LogP contribution in [0.15, 0.2) is 48.5 Å². The van der Waals surface area contributed by atoms with Gasteiger partial charge < -0.3 is 9.88 Å². The molecular weight excluding hydrogens is 272 g/mol. The third-order valence-corrected chi connectivity index (χ3v) is 4.06. The molecule has 0 saturated heterocycles. The quantitative estimate of drug-likeness (QED) is 0.760. The largest absolute Gasteiger partial charge is 0.350 e. The number of nitrogens with zero attached hydrogens (tertiary/aromatic N) is 1. The summed E-state index contributed by atoms with van der Waals surface area (Å²) in [6.45, 7) is 6.70. The van der Waals surface area contributed by atoms with Crippen LogP contribution in [0.4, 0.5) is 5.69 Å². The first-order valence-corrected chi connectivity index (χ1v) is 7.57. The molecule has 3 nitrogen and oxygen atoms in total. The van der Waals surface area contributed by atoms with Crippen molar-refractivity contribution in [3.63, 3.8) is 0 Å². The molecule has 0 fully saturated rings. The van der Waals surface area contributed by atoms with Gasteiger partial charge in [0.1, 0.15) is 5.69 Å². The Morgan fingerprint density at radius 3 is 2.50 bits per heavy atom. The summed E-state index contributed by atoms with van der Waals surface area (Å²) in [5.41, 5.74) is 4.81. The van der Waals surface area contributed by atoms with Crippen molar-refractivity contribution in [1.29, 1.82) is 0 Å². The monoisotopic (exact) mass is 292 g/mol. The number of benzene rings is 2. The maximum Gasteiger partial charge on any atom is 0.274 e. The second-order valence-corrected chi connectivity index (χ2v) is 5.56. The van der Waals surface area contributed by atoms with Crippen LogP contribution < -0.4 is 4.90 Å². The zero-order chi connectivity index (χ0) is 15.7. The summed E-state index contributed by atoms with van der Waals surface area (Å²) < 4.78 is 0. The fourth-order valence-electron chi connectivity index (χ4n) is 2.84. The molecule has 1 amide bonds. The van der Waals surface area contributed by atoms with Gasteiger partial charge in [0.05, 0.1) is 0 Å². The van der Waals surface area contributed by atoms with Crippen LogP contribution in [0.1, 0.15) is 28.5 Å². The van der Waals surface area contributed by atoms with Crippen molar-refractivity contribution in [3.8, 4) is 0 Å². The lowest BCUT2D eigenvalue weighted by Gasteiger charge is -2.20. The summed E-state index contributed by atoms with van der Waals surface area (Å²) >= 11 is 0. The van der Waals surface area contributed by atoms with E-state index < -0.39 is 0 Å². The third kappa shape index (κ3) is 2.39. The number of hydrogen-bond donors (Lipinski definition) is 1. The van der Waals surface area contributed by atoms with Crippen LogP contribution in [0.5, 0.6) is 0 Å². The Labute approximate surface area is 130 Å². The number of aryl methyl sites for hydroxylation is 2. The number of aromatic nitrogens is 1. The highest BCUT2D eigenvalue weighted by molar-refractivity contribution is 6.09. The molecule has 3 heteroatoms. The summed E-state index contributed by atoms with van der Waals surface area (Å²) in [4.78, 5) is 18.0. The number of anilines is 1. The Bertz CT molecular complexity index is 818. The minimum atomic E-state index is 0.0139. The Hall–Kier alpha value is -2.55. The standard InChI is InChI=1S/C19H20N2O/c1-4-21(15-8-6-5-7-9-15)19(22)18-14(3)16-12-13(2)10-11-17(16)20-18/h5-12,20H,4H2,1-3H3. The van der Waals surface area contributed by atoms with Gasteiger partial charge in [-0.25, -0.2) is 0 Å². The lowest BCUT2D eigenvalue weighted by molar-refractivity contribution is 0.0984. The molecule has 0 unspecified atom stereocenters. The Morgan fingerprint density at radius 1 is 1.09 bits per heavy atom. The van der Waals surface area contributed by atoms with E-state index in [1.165, 1.54) is 5.56 Å². The van der Waals surface area contributed by atoms with Gasteiger partial charge in [-0.15, -0.1) is 0 Å². The molecule has 0 aliphatic rings. The zero-order valence-corrected chi connectivity index (χ0v) is 13.2. The third-order valence-electron chi connectivity index (χ3n) is 4.06. The molecule has 0 radical (unpaired) electrons. The van der Waals surface area contributed by atoms with Gasteiger partial charge in [0.15, 0.2) is 0 Å². The van der Waals surface area contributed by atoms with E-state index >= 15 is 0 Å². The fraction of sp³-hybridized carbons (Fsp3) is 0.211. The zero-order valence-electron chi connectivity index (χ0n) is 13.2. The van der Waals surface area contributed by atoms with Gasteiger partial charge in [0.2, 0.25) is 0 Å². The minimum absolute atomic E-state index is 0.0139. The van der Waals surface area contributed by atoms with Gasteiger partial charge >= 0.3 is 0 Å². The summed E-state index contributed by atoms with van der Waals surface area (Å²) in [5.74, 6) is 0.0139. The molecule has 3 rings (SSSR count). The lowest BCUT2D eigenvalue weighted by Crippen LogP contribution is -2.31. The first kappa shape index (κ1) is 14.4. The van der Waals surface area contributed by atoms with Gasteiger partial charge in [-0.3, -0.25) is 4.79 Å². The van der Waals surface area contributed by atoms with E-state index in [-0.39, 0.29) is 5.91 Å². The SMILES string of the molecule is CCN(C(=O)c1[nH]c2ccc(C)cc2c1C)c1ccccc1. The summed E-state index contributed by atoms with van der Waals surface area (Å²) in [7, 11) is 0. The van der Waals surface area contributed by atoms with Crippen LogP contribution in [0, 0.1) is 13.8 Å². The number of para-hydroxylation sites is 1. The van der Waals surface area contributed by atoms with E-state index in [1.54, 1.807) is 4.90 Å². The highest BCUT2D eigenvalue weighted by Crippen LogP contribution is 2.25. The van der Waals surface area contributed by atoms with E-state index in [0.717, 1.165) is 22.2 Å². The molecular formula is C19H20N2O. The van der Waals surface area contributed by atoms with Crippen LogP contribution in [0.2, 0.25) is 0 Å². The maximum absolute atomic E-state index is 12.9. The minimum Gasteiger partial charge on any atom is -0.350 e. The molecule has 0 atom stereocenters. The Morgan fingerprint density at radius 2 is 1.82 bits per heavy atom. The van der Waals surface area contributed by atoms with Crippen LogP contribution in [0.3, 0.4) is 0 Å². The number of H-pyrrole nitrogens is 1. The summed E-state index contributed by atoms with van der Waals surface area (Å²) in [6.07, 6.45) is 0. The van der Waals surface area contributed by atoms with Gasteiger partial charge in [-0.1, -0.05) is 29.8 Å². The van der Waals surface area contributed by atoms with Crippen LogP contribution in [-0.4, -0.2) is 17.4 Å². The molecule has 112 valence electrons. The number of rotatable bonds is 3. The maximum atomic E-state index is 12.9. The molecule has 0 saturated carbocycles. The Kier molecular flexibility index (Phi) is 3.72. The van der Waals surface area contributed by atoms with Crippen molar-refractivity contribution in [1.82, 2.24) is 4.98 Å². The van der Waals surface area contributed by atoms with Crippen molar-refractivity contribution >= 4 is 22.5 Å². The van der Waals surface area contributed by atoms with Gasteiger partial charge in [-0.05, 0) is 50.6 Å². The highest BCUT2D eigenvalue weighted by Gasteiger charge is 2.21. The van der Waals surface area contributed by atoms with Crippen molar-refractivity contribution in [2.24, 2.45) is 0 Å². The Balaban J connectivity index is 2.06. The average Bonchev–Trinajstić information content (AvgIpc) is 2.86. The van der Waals surface area contributed by atoms with Crippen molar-refractivity contribution in [3.05, 3.63) is 65.4 Å². The molecule has 0 bridgehead atoms. The van der Waals surface area contributed by atoms with E-state index in [4.69, 9.17) is 0 Å². The van der Waals surface area contributed by atoms with E-state index in [1.807, 2.05) is 50.2 Å². The molecule has 0 aliphatic carbocycles. The number of hydrogen-bond acceptors (Lipinski definition) is 1. The van der Waals surface area contributed by atoms with E-state index in [2.05, 4.69) is 24.0 Å². The second-order valence-electron chi connectivity index (χ2n) is 5.56. The predicted molar refractivity (Wildman–Crippen MR) is 91.6 cm³/mol. The predicted octanol–water partition coefficient (Wildman–Crippen LogP) is 4.45. The molecule has 1 N–H and O–H groups in total. The topological polar surface area (TPSA) is 36.1 Å². The van der Waals surface area contributed by atoms with Crippen LogP contribution in [-0.2, 0) is 0 Å². The van der Waals surface area contributed by atoms with Crippen molar-refractivity contribution in [2.75, 3.05) is 11.4 Å². The fourth-order valence-corrected chi connectivity index (χ4v) is 2.84. The molecule has 1 heterocycles. The van der Waals surface area contributed by atoms with Gasteiger partial charge in [0, 0.05) is 23.1 Å². The van der Waals surface area contributed by atoms with Gasteiger partial charge in [0.25, 0.3) is 5.91 Å². The molecule has 0 aliphatic heterocycles. The summed E-state index contributed by atoms with van der Waals surface area (Å²) in [6, 6.07) is 16.0. The number of carbonyl (C=O) groups is 1. The average molecular weight is 292 g/mol. The number of amides is 1. The van der Waals surface area contributed by atoms with E-state index in [0.29, 0.717) is 12.2 Å². The normalized spacial score (nSPS) is 10.9. The molecule has 22 heavy (non-hydrogen) atoms. The number of carbonyl (C=O) groups excluding carboxylic acids is 1. The number of fused-ring (bicyclic) bond motifs is 1. The molecule has 2 aromatic carbocycles. The lowest BCUT2D eigenvalue weighted by atomic mass is 10.1. The summed E-state index contributed by atoms with van der Waals surface area (Å²) in [5, 5.41) is 1.12. The van der Waals surface area contributed by atoms with Gasteiger partial charge in [-0.2, -0.15) is 0 Å². The number of nitrogens with one attached hydrogen (secondary N) is 1.